The number of likely N-dealkylation sites (tertiary alicyclic amines) is 1. The third-order valence-electron chi connectivity index (χ3n) is 4.80. The highest BCUT2D eigenvalue weighted by atomic mass is 16.5. The zero-order chi connectivity index (χ0) is 15.9. The van der Waals surface area contributed by atoms with Crippen LogP contribution in [-0.4, -0.2) is 26.2 Å². The summed E-state index contributed by atoms with van der Waals surface area (Å²) < 4.78 is 5.98. The van der Waals surface area contributed by atoms with Gasteiger partial charge in [-0.05, 0) is 61.8 Å². The van der Waals surface area contributed by atoms with Gasteiger partial charge in [0.05, 0.1) is 26.2 Å². The monoisotopic (exact) mass is 304 g/mol. The number of benzene rings is 1. The minimum atomic E-state index is 0.562. The number of unbranched alkanes of at least 4 members (excludes halogenated alkanes) is 1. The number of ether oxygens (including phenoxy) is 1. The lowest BCUT2D eigenvalue weighted by Gasteiger charge is -2.27. The average molecular weight is 304 g/mol. The molecule has 1 unspecified atom stereocenters. The second kappa shape index (κ2) is 8.57. The predicted octanol–water partition coefficient (Wildman–Crippen LogP) is 3.59. The van der Waals surface area contributed by atoms with Gasteiger partial charge in [-0.1, -0.05) is 26.8 Å². The molecule has 2 nitrogen and oxygen atoms in total. The topological polar surface area (TPSA) is 13.7 Å². The van der Waals surface area contributed by atoms with E-state index in [0.717, 1.165) is 18.3 Å². The predicted molar refractivity (Wildman–Crippen MR) is 94.0 cm³/mol. The van der Waals surface area contributed by atoms with E-state index in [4.69, 9.17) is 4.74 Å². The van der Waals surface area contributed by atoms with E-state index in [1.807, 2.05) is 0 Å². The summed E-state index contributed by atoms with van der Waals surface area (Å²) in [5.41, 5.74) is 2.68. The number of piperidine rings is 1. The molecule has 0 amide bonds. The van der Waals surface area contributed by atoms with Crippen LogP contribution < -0.4 is 9.64 Å². The van der Waals surface area contributed by atoms with Crippen molar-refractivity contribution in [1.29, 1.82) is 0 Å². The highest BCUT2D eigenvalue weighted by Crippen LogP contribution is 2.22. The van der Waals surface area contributed by atoms with Crippen molar-refractivity contribution in [2.75, 3.05) is 26.2 Å². The van der Waals surface area contributed by atoms with Gasteiger partial charge < -0.3 is 9.64 Å². The van der Waals surface area contributed by atoms with E-state index in [2.05, 4.69) is 45.9 Å². The Morgan fingerprint density at radius 3 is 2.77 bits per heavy atom. The quantitative estimate of drug-likeness (QED) is 0.760. The molecule has 0 bridgehead atoms. The van der Waals surface area contributed by atoms with Gasteiger partial charge >= 0.3 is 0 Å². The van der Waals surface area contributed by atoms with E-state index >= 15 is 0 Å². The molecule has 1 aliphatic heterocycles. The lowest BCUT2D eigenvalue weighted by Crippen LogP contribution is -3.13. The van der Waals surface area contributed by atoms with Crippen LogP contribution in [0.3, 0.4) is 0 Å². The van der Waals surface area contributed by atoms with E-state index in [-0.39, 0.29) is 0 Å². The molecule has 1 aromatic rings. The second-order valence-corrected chi connectivity index (χ2v) is 7.49. The molecule has 0 radical (unpaired) electrons. The number of hydrogen-bond donors (Lipinski definition) is 1. The van der Waals surface area contributed by atoms with Crippen molar-refractivity contribution >= 4 is 0 Å². The molecular formula is C20H34NO+. The molecule has 2 atom stereocenters. The molecule has 124 valence electrons. The lowest BCUT2D eigenvalue weighted by molar-refractivity contribution is -0.908. The van der Waals surface area contributed by atoms with Crippen LogP contribution in [0.4, 0.5) is 0 Å². The number of quaternary nitrogens is 1. The van der Waals surface area contributed by atoms with Crippen LogP contribution in [0.15, 0.2) is 18.2 Å². The van der Waals surface area contributed by atoms with Crippen molar-refractivity contribution in [1.82, 2.24) is 0 Å². The summed E-state index contributed by atoms with van der Waals surface area (Å²) in [4.78, 5) is 1.80. The van der Waals surface area contributed by atoms with E-state index in [0.29, 0.717) is 5.92 Å². The van der Waals surface area contributed by atoms with Gasteiger partial charge in [0.15, 0.2) is 0 Å². The van der Waals surface area contributed by atoms with Gasteiger partial charge in [0.2, 0.25) is 0 Å². The van der Waals surface area contributed by atoms with Gasteiger partial charge in [-0.15, -0.1) is 0 Å². The Hall–Kier alpha value is -1.02. The zero-order valence-corrected chi connectivity index (χ0v) is 15.0. The van der Waals surface area contributed by atoms with Crippen LogP contribution in [-0.2, 0) is 0 Å². The number of aryl methyl sites for hydroxylation is 1. The third-order valence-corrected chi connectivity index (χ3v) is 4.80. The molecule has 1 fully saturated rings. The fourth-order valence-electron chi connectivity index (χ4n) is 3.48. The van der Waals surface area contributed by atoms with E-state index in [9.17, 15) is 0 Å². The molecular weight excluding hydrogens is 270 g/mol. The Balaban J connectivity index is 1.68. The molecule has 0 spiro atoms. The molecule has 0 saturated carbocycles. The molecule has 22 heavy (non-hydrogen) atoms. The van der Waals surface area contributed by atoms with Crippen LogP contribution in [0.25, 0.3) is 0 Å². The normalized spacial score (nSPS) is 22.0. The van der Waals surface area contributed by atoms with Crippen molar-refractivity contribution in [2.24, 2.45) is 5.92 Å². The fourth-order valence-corrected chi connectivity index (χ4v) is 3.48. The smallest absolute Gasteiger partial charge is 0.119 e. The second-order valence-electron chi connectivity index (χ2n) is 7.49. The van der Waals surface area contributed by atoms with E-state index in [1.54, 1.807) is 4.90 Å². The third kappa shape index (κ3) is 5.64. The standard InChI is InChI=1S/C20H33NO/c1-16(2)19-12-18(4)13-20(14-19)22-11-6-5-9-21-10-7-8-17(3)15-21/h12-14,16-17H,5-11,15H2,1-4H3/p+1/t17-/m0/s1. The van der Waals surface area contributed by atoms with Crippen molar-refractivity contribution < 1.29 is 9.64 Å². The molecule has 1 aliphatic rings. The van der Waals surface area contributed by atoms with E-state index in [1.165, 1.54) is 56.4 Å². The van der Waals surface area contributed by atoms with Gasteiger partial charge in [-0.25, -0.2) is 0 Å². The first-order valence-corrected chi connectivity index (χ1v) is 9.12. The molecule has 2 rings (SSSR count). The minimum absolute atomic E-state index is 0.562. The van der Waals surface area contributed by atoms with Crippen molar-refractivity contribution in [2.45, 2.75) is 59.3 Å². The Labute approximate surface area is 136 Å². The molecule has 1 saturated heterocycles. The Kier molecular flexibility index (Phi) is 6.75. The first-order valence-electron chi connectivity index (χ1n) is 9.12. The van der Waals surface area contributed by atoms with Crippen LogP contribution in [0, 0.1) is 12.8 Å². The van der Waals surface area contributed by atoms with Crippen LogP contribution in [0.5, 0.6) is 5.75 Å². The minimum Gasteiger partial charge on any atom is -0.494 e. The maximum atomic E-state index is 5.98. The van der Waals surface area contributed by atoms with Gasteiger partial charge in [-0.3, -0.25) is 0 Å². The molecule has 0 aromatic heterocycles. The summed E-state index contributed by atoms with van der Waals surface area (Å²) in [6.07, 6.45) is 5.29. The fraction of sp³-hybridized carbons (Fsp3) is 0.700. The van der Waals surface area contributed by atoms with Crippen molar-refractivity contribution in [3.05, 3.63) is 29.3 Å². The van der Waals surface area contributed by atoms with Crippen molar-refractivity contribution in [3.8, 4) is 5.75 Å². The summed E-state index contributed by atoms with van der Waals surface area (Å²) in [7, 11) is 0. The van der Waals surface area contributed by atoms with Gasteiger partial charge in [0, 0.05) is 5.92 Å². The highest BCUT2D eigenvalue weighted by molar-refractivity contribution is 5.35. The first-order chi connectivity index (χ1) is 10.5. The Bertz CT molecular complexity index is 455. The number of nitrogens with one attached hydrogen (secondary N) is 1. The summed E-state index contributed by atoms with van der Waals surface area (Å²) in [5.74, 6) is 2.52. The first kappa shape index (κ1) is 17.3. The molecule has 1 heterocycles. The Morgan fingerprint density at radius 2 is 2.05 bits per heavy atom. The molecule has 2 heteroatoms. The summed E-state index contributed by atoms with van der Waals surface area (Å²) in [6.45, 7) is 13.9. The van der Waals surface area contributed by atoms with E-state index < -0.39 is 0 Å². The van der Waals surface area contributed by atoms with Crippen LogP contribution in [0.2, 0.25) is 0 Å². The molecule has 1 aromatic carbocycles. The number of hydrogen-bond acceptors (Lipinski definition) is 1. The Morgan fingerprint density at radius 1 is 1.23 bits per heavy atom. The lowest BCUT2D eigenvalue weighted by atomic mass is 10.0. The van der Waals surface area contributed by atoms with Crippen LogP contribution >= 0.6 is 0 Å². The maximum Gasteiger partial charge on any atom is 0.119 e. The summed E-state index contributed by atoms with van der Waals surface area (Å²) in [6, 6.07) is 6.62. The summed E-state index contributed by atoms with van der Waals surface area (Å²) >= 11 is 0. The molecule has 0 aliphatic carbocycles. The largest absolute Gasteiger partial charge is 0.494 e. The average Bonchev–Trinajstić information content (AvgIpc) is 2.46. The maximum absolute atomic E-state index is 5.98. The van der Waals surface area contributed by atoms with Crippen LogP contribution in [0.1, 0.15) is 63.5 Å². The zero-order valence-electron chi connectivity index (χ0n) is 15.0. The van der Waals surface area contributed by atoms with Gasteiger partial charge in [0.1, 0.15) is 5.75 Å². The van der Waals surface area contributed by atoms with Crippen molar-refractivity contribution in [3.63, 3.8) is 0 Å². The number of rotatable bonds is 7. The van der Waals surface area contributed by atoms with Gasteiger partial charge in [0.25, 0.3) is 0 Å². The molecule has 1 N–H and O–H groups in total. The summed E-state index contributed by atoms with van der Waals surface area (Å²) in [5, 5.41) is 0. The van der Waals surface area contributed by atoms with Gasteiger partial charge in [-0.2, -0.15) is 0 Å². The highest BCUT2D eigenvalue weighted by Gasteiger charge is 2.18. The SMILES string of the molecule is Cc1cc(OCCCC[NH+]2CCC[C@H](C)C2)cc(C(C)C)c1.